The predicted octanol–water partition coefficient (Wildman–Crippen LogP) is 0.926. The molecule has 21 heavy (non-hydrogen) atoms. The Morgan fingerprint density at radius 2 is 2.33 bits per heavy atom. The molecule has 0 aromatic carbocycles. The van der Waals surface area contributed by atoms with Crippen LogP contribution in [0.2, 0.25) is 0 Å². The average Bonchev–Trinajstić information content (AvgIpc) is 3.18. The third kappa shape index (κ3) is 2.40. The van der Waals surface area contributed by atoms with Crippen LogP contribution in [-0.4, -0.2) is 54.6 Å². The summed E-state index contributed by atoms with van der Waals surface area (Å²) in [6.45, 7) is 2.19. The first-order valence-corrected chi connectivity index (χ1v) is 7.26. The van der Waals surface area contributed by atoms with Gasteiger partial charge in [0, 0.05) is 6.54 Å². The van der Waals surface area contributed by atoms with Crippen molar-refractivity contribution in [3.05, 3.63) is 16.9 Å². The zero-order valence-corrected chi connectivity index (χ0v) is 12.1. The number of rotatable bonds is 3. The zero-order valence-electron chi connectivity index (χ0n) is 11.2. The Labute approximate surface area is 123 Å². The Morgan fingerprint density at radius 3 is 3.00 bits per heavy atom. The molecule has 9 heteroatoms. The molecule has 2 aromatic heterocycles. The fourth-order valence-electron chi connectivity index (χ4n) is 2.40. The molecular weight excluding hydrogens is 294 g/mol. The molecule has 1 fully saturated rings. The minimum atomic E-state index is -0.960. The molecule has 0 saturated carbocycles. The first-order valence-electron chi connectivity index (χ1n) is 6.45. The summed E-state index contributed by atoms with van der Waals surface area (Å²) in [7, 11) is 0. The molecule has 0 radical (unpaired) electrons. The summed E-state index contributed by atoms with van der Waals surface area (Å²) in [4.78, 5) is 33.9. The Kier molecular flexibility index (Phi) is 3.42. The van der Waals surface area contributed by atoms with E-state index in [2.05, 4.69) is 20.2 Å². The molecule has 1 amide bonds. The molecule has 0 spiro atoms. The van der Waals surface area contributed by atoms with Gasteiger partial charge < -0.3 is 10.0 Å². The number of thiazole rings is 1. The number of hydrogen-bond acceptors (Lipinski definition) is 6. The summed E-state index contributed by atoms with van der Waals surface area (Å²) in [6.07, 6.45) is 2.57. The number of hydrogen-bond donors (Lipinski definition) is 2. The summed E-state index contributed by atoms with van der Waals surface area (Å²) in [5, 5.41) is 16.2. The van der Waals surface area contributed by atoms with Gasteiger partial charge in [0.1, 0.15) is 17.2 Å². The van der Waals surface area contributed by atoms with Crippen molar-refractivity contribution in [2.45, 2.75) is 25.8 Å². The highest BCUT2D eigenvalue weighted by Crippen LogP contribution is 2.28. The molecule has 3 rings (SSSR count). The third-order valence-electron chi connectivity index (χ3n) is 3.41. The molecule has 1 atom stereocenters. The summed E-state index contributed by atoms with van der Waals surface area (Å²) in [5.41, 5.74) is 0.576. The van der Waals surface area contributed by atoms with Crippen LogP contribution in [0, 0.1) is 6.92 Å². The van der Waals surface area contributed by atoms with E-state index < -0.39 is 12.0 Å². The highest BCUT2D eigenvalue weighted by molar-refractivity contribution is 7.17. The van der Waals surface area contributed by atoms with Crippen LogP contribution in [0.5, 0.6) is 0 Å². The molecule has 2 N–H and O–H groups in total. The normalized spacial score (nSPS) is 18.1. The number of aliphatic carboxylic acids is 1. The van der Waals surface area contributed by atoms with Gasteiger partial charge in [0.25, 0.3) is 5.91 Å². The summed E-state index contributed by atoms with van der Waals surface area (Å²) >= 11 is 1.20. The van der Waals surface area contributed by atoms with E-state index in [-0.39, 0.29) is 5.91 Å². The van der Waals surface area contributed by atoms with Crippen LogP contribution < -0.4 is 0 Å². The number of amides is 1. The number of aromatic nitrogens is 4. The highest BCUT2D eigenvalue weighted by atomic mass is 32.1. The number of aryl methyl sites for hydroxylation is 1. The van der Waals surface area contributed by atoms with E-state index in [1.165, 1.54) is 22.6 Å². The number of nitrogens with zero attached hydrogens (tertiary/aromatic N) is 4. The molecule has 1 unspecified atom stereocenters. The molecule has 1 aliphatic heterocycles. The molecule has 0 bridgehead atoms. The van der Waals surface area contributed by atoms with Crippen LogP contribution in [0.4, 0.5) is 0 Å². The first kappa shape index (κ1) is 13.7. The number of carboxylic acid groups (broad SMARTS) is 1. The van der Waals surface area contributed by atoms with Crippen molar-refractivity contribution in [2.24, 2.45) is 0 Å². The van der Waals surface area contributed by atoms with Gasteiger partial charge in [0.05, 0.1) is 5.69 Å². The maximum Gasteiger partial charge on any atom is 0.326 e. The maximum absolute atomic E-state index is 12.6. The van der Waals surface area contributed by atoms with Crippen molar-refractivity contribution in [1.29, 1.82) is 0 Å². The standard InChI is InChI=1S/C12H13N5O3S/c1-6-8(21-10(15-6)9-13-5-14-16-9)11(18)17-4-2-3-7(17)12(19)20/h5,7H,2-4H2,1H3,(H,19,20)(H,13,14,16). The number of carbonyl (C=O) groups is 2. The molecular formula is C12H13N5O3S. The lowest BCUT2D eigenvalue weighted by atomic mass is 10.2. The molecule has 3 heterocycles. The molecule has 1 aliphatic rings. The number of likely N-dealkylation sites (tertiary alicyclic amines) is 1. The van der Waals surface area contributed by atoms with Crippen molar-refractivity contribution in [1.82, 2.24) is 25.1 Å². The van der Waals surface area contributed by atoms with Gasteiger partial charge in [0.15, 0.2) is 10.8 Å². The largest absolute Gasteiger partial charge is 0.480 e. The third-order valence-corrected chi connectivity index (χ3v) is 4.56. The van der Waals surface area contributed by atoms with Crippen LogP contribution >= 0.6 is 11.3 Å². The lowest BCUT2D eigenvalue weighted by molar-refractivity contribution is -0.141. The molecule has 8 nitrogen and oxygen atoms in total. The average molecular weight is 307 g/mol. The van der Waals surface area contributed by atoms with Crippen LogP contribution in [-0.2, 0) is 4.79 Å². The summed E-state index contributed by atoms with van der Waals surface area (Å²) in [6, 6.07) is -0.743. The number of aromatic amines is 1. The van der Waals surface area contributed by atoms with Crippen molar-refractivity contribution in [2.75, 3.05) is 6.54 Å². The van der Waals surface area contributed by atoms with Gasteiger partial charge in [-0.2, -0.15) is 5.10 Å². The first-order chi connectivity index (χ1) is 10.1. The molecule has 110 valence electrons. The van der Waals surface area contributed by atoms with E-state index in [0.717, 1.165) is 0 Å². The van der Waals surface area contributed by atoms with Gasteiger partial charge in [-0.25, -0.2) is 14.8 Å². The van der Waals surface area contributed by atoms with Crippen LogP contribution in [0.1, 0.15) is 28.2 Å². The van der Waals surface area contributed by atoms with E-state index in [9.17, 15) is 14.7 Å². The SMILES string of the molecule is Cc1nc(-c2ncn[nH]2)sc1C(=O)N1CCCC1C(=O)O. The maximum atomic E-state index is 12.6. The van der Waals surface area contributed by atoms with Crippen molar-refractivity contribution in [3.8, 4) is 10.8 Å². The van der Waals surface area contributed by atoms with E-state index in [1.54, 1.807) is 6.92 Å². The quantitative estimate of drug-likeness (QED) is 0.872. The number of carboxylic acids is 1. The topological polar surface area (TPSA) is 112 Å². The lowest BCUT2D eigenvalue weighted by Crippen LogP contribution is -2.40. The fourth-order valence-corrected chi connectivity index (χ4v) is 3.37. The van der Waals surface area contributed by atoms with E-state index >= 15 is 0 Å². The predicted molar refractivity (Wildman–Crippen MR) is 73.9 cm³/mol. The summed E-state index contributed by atoms with van der Waals surface area (Å²) < 4.78 is 0. The van der Waals surface area contributed by atoms with E-state index in [1.807, 2.05) is 0 Å². The Hall–Kier alpha value is -2.29. The summed E-state index contributed by atoms with van der Waals surface area (Å²) in [5.74, 6) is -0.738. The van der Waals surface area contributed by atoms with Crippen LogP contribution in [0.25, 0.3) is 10.8 Å². The second-order valence-corrected chi connectivity index (χ2v) is 5.76. The second-order valence-electron chi connectivity index (χ2n) is 4.76. The molecule has 2 aromatic rings. The Bertz CT molecular complexity index is 681. The Morgan fingerprint density at radius 1 is 1.52 bits per heavy atom. The Balaban J connectivity index is 1.90. The minimum Gasteiger partial charge on any atom is -0.480 e. The zero-order chi connectivity index (χ0) is 15.0. The van der Waals surface area contributed by atoms with Gasteiger partial charge in [-0.1, -0.05) is 0 Å². The number of carbonyl (C=O) groups excluding carboxylic acids is 1. The van der Waals surface area contributed by atoms with Gasteiger partial charge >= 0.3 is 5.97 Å². The van der Waals surface area contributed by atoms with Crippen molar-refractivity contribution in [3.63, 3.8) is 0 Å². The second kappa shape index (κ2) is 5.24. The van der Waals surface area contributed by atoms with E-state index in [4.69, 9.17) is 0 Å². The smallest absolute Gasteiger partial charge is 0.326 e. The van der Waals surface area contributed by atoms with Crippen LogP contribution in [0.15, 0.2) is 6.33 Å². The van der Waals surface area contributed by atoms with Gasteiger partial charge in [-0.05, 0) is 19.8 Å². The fraction of sp³-hybridized carbons (Fsp3) is 0.417. The van der Waals surface area contributed by atoms with Crippen molar-refractivity contribution >= 4 is 23.2 Å². The highest BCUT2D eigenvalue weighted by Gasteiger charge is 2.36. The number of nitrogens with one attached hydrogen (secondary N) is 1. The van der Waals surface area contributed by atoms with Crippen LogP contribution in [0.3, 0.4) is 0 Å². The van der Waals surface area contributed by atoms with Gasteiger partial charge in [0.2, 0.25) is 0 Å². The van der Waals surface area contributed by atoms with Gasteiger partial charge in [-0.15, -0.1) is 11.3 Å². The van der Waals surface area contributed by atoms with Crippen molar-refractivity contribution < 1.29 is 14.7 Å². The lowest BCUT2D eigenvalue weighted by Gasteiger charge is -2.20. The van der Waals surface area contributed by atoms with E-state index in [0.29, 0.717) is 40.8 Å². The monoisotopic (exact) mass is 307 g/mol. The molecule has 1 saturated heterocycles. The minimum absolute atomic E-state index is 0.277. The molecule has 0 aliphatic carbocycles. The van der Waals surface area contributed by atoms with Gasteiger partial charge in [-0.3, -0.25) is 9.89 Å². The number of H-pyrrole nitrogens is 1.